The maximum atomic E-state index is 12.3. The molecule has 4 saturated carbocycles. The number of rotatable bonds is 10. The molecule has 4 aliphatic heterocycles. The maximum absolute atomic E-state index is 12.3. The van der Waals surface area contributed by atoms with E-state index in [0.717, 1.165) is 19.3 Å². The first-order valence-electron chi connectivity index (χ1n) is 26.2. The number of fused-ring (bicyclic) bond motifs is 7. The van der Waals surface area contributed by atoms with Crippen LogP contribution in [0, 0.1) is 50.2 Å². The smallest absolute Gasteiger partial charge is 0.335 e. The predicted octanol–water partition coefficient (Wildman–Crippen LogP) is -1.61. The molecule has 418 valence electrons. The maximum Gasteiger partial charge on any atom is 0.335 e. The summed E-state index contributed by atoms with van der Waals surface area (Å²) in [6.07, 6.45) is -22.3. The number of allylic oxidation sites excluding steroid dienone is 2. The van der Waals surface area contributed by atoms with Crippen molar-refractivity contribution in [2.75, 3.05) is 26.4 Å². The largest absolute Gasteiger partial charge is 0.479 e. The Balaban J connectivity index is 0.956. The quantitative estimate of drug-likeness (QED) is 0.0865. The highest BCUT2D eigenvalue weighted by Crippen LogP contribution is 2.76. The second-order valence-corrected chi connectivity index (χ2v) is 25.1. The summed E-state index contributed by atoms with van der Waals surface area (Å²) in [5.41, 5.74) is -1.87. The first kappa shape index (κ1) is 56.1. The fourth-order valence-corrected chi connectivity index (χ4v) is 15.9. The van der Waals surface area contributed by atoms with Crippen LogP contribution in [0.4, 0.5) is 0 Å². The summed E-state index contributed by atoms with van der Waals surface area (Å²) in [5.74, 6) is -1.62. The van der Waals surface area contributed by atoms with E-state index in [2.05, 4.69) is 33.8 Å². The highest BCUT2D eigenvalue weighted by atomic mass is 16.8. The number of aliphatic carboxylic acids is 1. The van der Waals surface area contributed by atoms with E-state index in [1.165, 1.54) is 5.57 Å². The van der Waals surface area contributed by atoms with Crippen molar-refractivity contribution in [3.8, 4) is 0 Å². The van der Waals surface area contributed by atoms with E-state index in [0.29, 0.717) is 32.1 Å². The molecular weight excluding hydrogens is 965 g/mol. The number of hydrogen-bond acceptors (Lipinski definition) is 21. The van der Waals surface area contributed by atoms with E-state index in [1.807, 2.05) is 20.8 Å². The van der Waals surface area contributed by atoms with Gasteiger partial charge in [0.1, 0.15) is 73.2 Å². The van der Waals surface area contributed by atoms with E-state index in [9.17, 15) is 71.2 Å². The SMILES string of the molecule is CC1(C)C[C@@H]2C3=CC[C@@H]4[C@@]5(C)CC[C@@H](O[C@@H]6O[C@H](C(=O)O)[C@@H](O)[C@H](O)[C@H]6O[C@@H]6OC[C@H](O)[C@H](O)[C@H]6O)[C@](C)(CO)[C@H]5CC[C@@]4(C)[C@]3(C)CC[C@@]2(C)[C@H](O[C@@H]2OC[C@H](O)[C@H](O[C@@H]3OC[C@@H](O)[C@H](O)[C@H]3O)[C@H]2O)[C@@H]1O. The lowest BCUT2D eigenvalue weighted by atomic mass is 9.33. The van der Waals surface area contributed by atoms with Gasteiger partial charge in [0.25, 0.3) is 0 Å². The minimum Gasteiger partial charge on any atom is -0.479 e. The Kier molecular flexibility index (Phi) is 15.3. The number of ether oxygens (including phenoxy) is 8. The molecule has 0 aromatic heterocycles. The number of aliphatic hydroxyl groups is 12. The molecule has 5 aliphatic carbocycles. The summed E-state index contributed by atoms with van der Waals surface area (Å²) in [7, 11) is 0. The van der Waals surface area contributed by atoms with E-state index in [4.69, 9.17) is 37.9 Å². The predicted molar refractivity (Wildman–Crippen MR) is 248 cm³/mol. The molecule has 4 heterocycles. The summed E-state index contributed by atoms with van der Waals surface area (Å²) in [6, 6.07) is 0. The molecule has 9 rings (SSSR count). The lowest BCUT2D eigenvalue weighted by molar-refractivity contribution is -0.367. The monoisotopic (exact) mass is 1050 g/mol. The van der Waals surface area contributed by atoms with Gasteiger partial charge in [-0.15, -0.1) is 0 Å². The van der Waals surface area contributed by atoms with Crippen molar-refractivity contribution in [2.24, 2.45) is 50.2 Å². The van der Waals surface area contributed by atoms with Crippen molar-refractivity contribution in [2.45, 2.75) is 223 Å². The van der Waals surface area contributed by atoms with Gasteiger partial charge >= 0.3 is 5.97 Å². The van der Waals surface area contributed by atoms with Crippen molar-refractivity contribution < 1.29 is 109 Å². The number of aliphatic hydroxyl groups excluding tert-OH is 12. The van der Waals surface area contributed by atoms with Crippen LogP contribution in [0.3, 0.4) is 0 Å². The van der Waals surface area contributed by atoms with Gasteiger partial charge in [-0.1, -0.05) is 60.1 Å². The van der Waals surface area contributed by atoms with Gasteiger partial charge in [-0.05, 0) is 90.8 Å². The molecule has 0 aromatic rings. The summed E-state index contributed by atoms with van der Waals surface area (Å²) < 4.78 is 47.8. The van der Waals surface area contributed by atoms with E-state index in [1.54, 1.807) is 0 Å². The van der Waals surface area contributed by atoms with Crippen molar-refractivity contribution in [1.82, 2.24) is 0 Å². The molecule has 22 heteroatoms. The average molecular weight is 1050 g/mol. The normalized spacial score (nSPS) is 56.0. The Morgan fingerprint density at radius 3 is 1.77 bits per heavy atom. The van der Waals surface area contributed by atoms with Crippen LogP contribution in [-0.4, -0.2) is 222 Å². The fourth-order valence-electron chi connectivity index (χ4n) is 15.9. The standard InChI is InChI=1S/C51H82O22/c1-46(2)16-22-21-8-9-27-48(4)12-11-28(69-45-38(32(59)31(58)37(71-45)41(64)65)72-43-34(61)30(57)24(54)18-67-43)49(5,20-52)26(48)10-13-51(27,7)50(21,6)15-14-47(22,3)40(39(46)63)73-44-35(62)36(25(55)19-68-44)70-42-33(60)29(56)23(53)17-66-42/h8,22-40,42-45,52-63H,9-20H2,1-7H3,(H,64,65)/t22-,23-,24+,25+,26+,27-,28-,29+,30+,31+,32+,33-,34-,35-,36+,37+,38-,39+,40-,42+,43+,44+,45-,47-,48+,49-,50-,51-/m1/s1. The van der Waals surface area contributed by atoms with Crippen LogP contribution in [0.2, 0.25) is 0 Å². The second-order valence-electron chi connectivity index (χ2n) is 25.1. The van der Waals surface area contributed by atoms with Gasteiger partial charge < -0.3 is 104 Å². The zero-order valence-corrected chi connectivity index (χ0v) is 42.8. The Hall–Kier alpha value is -1.59. The Labute approximate surface area is 425 Å². The molecule has 22 nitrogen and oxygen atoms in total. The highest BCUT2D eigenvalue weighted by Gasteiger charge is 2.71. The van der Waals surface area contributed by atoms with Gasteiger partial charge in [-0.3, -0.25) is 0 Å². The summed E-state index contributed by atoms with van der Waals surface area (Å²) >= 11 is 0. The highest BCUT2D eigenvalue weighted by molar-refractivity contribution is 5.73. The molecule has 73 heavy (non-hydrogen) atoms. The van der Waals surface area contributed by atoms with Crippen LogP contribution >= 0.6 is 0 Å². The lowest BCUT2D eigenvalue weighted by Crippen LogP contribution is -2.69. The van der Waals surface area contributed by atoms with Gasteiger partial charge in [0.2, 0.25) is 0 Å². The molecule has 0 aromatic carbocycles. The van der Waals surface area contributed by atoms with E-state index < -0.39 is 152 Å². The Morgan fingerprint density at radius 2 is 1.18 bits per heavy atom. The average Bonchev–Trinajstić information content (AvgIpc) is 3.33. The van der Waals surface area contributed by atoms with E-state index >= 15 is 0 Å². The Morgan fingerprint density at radius 1 is 0.603 bits per heavy atom. The molecule has 0 spiro atoms. The number of hydrogen-bond donors (Lipinski definition) is 13. The van der Waals surface area contributed by atoms with Crippen LogP contribution in [0.1, 0.15) is 99.8 Å². The Bertz CT molecular complexity index is 2030. The number of carboxylic acid groups (broad SMARTS) is 1. The molecule has 28 atom stereocenters. The van der Waals surface area contributed by atoms with Gasteiger partial charge in [-0.2, -0.15) is 0 Å². The lowest BCUT2D eigenvalue weighted by Gasteiger charge is -2.72. The van der Waals surface area contributed by atoms with Gasteiger partial charge in [0, 0.05) is 10.8 Å². The molecule has 0 unspecified atom stereocenters. The first-order valence-corrected chi connectivity index (χ1v) is 26.2. The number of carbonyl (C=O) groups is 1. The molecule has 13 N–H and O–H groups in total. The number of carboxylic acids is 1. The van der Waals surface area contributed by atoms with E-state index in [-0.39, 0.29) is 53.8 Å². The summed E-state index contributed by atoms with van der Waals surface area (Å²) in [5, 5.41) is 140. The zero-order valence-electron chi connectivity index (χ0n) is 42.8. The molecule has 0 amide bonds. The molecule has 0 radical (unpaired) electrons. The van der Waals surface area contributed by atoms with Crippen LogP contribution < -0.4 is 0 Å². The van der Waals surface area contributed by atoms with Crippen molar-refractivity contribution in [3.63, 3.8) is 0 Å². The van der Waals surface area contributed by atoms with Crippen molar-refractivity contribution in [1.29, 1.82) is 0 Å². The topological polar surface area (TPSA) is 354 Å². The summed E-state index contributed by atoms with van der Waals surface area (Å²) in [4.78, 5) is 12.3. The van der Waals surface area contributed by atoms with Crippen LogP contribution in [-0.2, 0) is 42.7 Å². The molecular formula is C51H82O22. The molecule has 0 bridgehead atoms. The van der Waals surface area contributed by atoms with Crippen LogP contribution in [0.25, 0.3) is 0 Å². The summed E-state index contributed by atoms with van der Waals surface area (Å²) in [6.45, 7) is 13.8. The van der Waals surface area contributed by atoms with Crippen LogP contribution in [0.15, 0.2) is 11.6 Å². The van der Waals surface area contributed by atoms with Crippen LogP contribution in [0.5, 0.6) is 0 Å². The molecule has 9 aliphatic rings. The first-order chi connectivity index (χ1) is 34.1. The minimum absolute atomic E-state index is 0.0653. The van der Waals surface area contributed by atoms with Crippen molar-refractivity contribution >= 4 is 5.97 Å². The zero-order chi connectivity index (χ0) is 53.3. The molecule has 4 saturated heterocycles. The fraction of sp³-hybridized carbons (Fsp3) is 0.941. The van der Waals surface area contributed by atoms with Crippen molar-refractivity contribution in [3.05, 3.63) is 11.6 Å². The van der Waals surface area contributed by atoms with Gasteiger partial charge in [0.15, 0.2) is 31.3 Å². The third-order valence-corrected chi connectivity index (χ3v) is 20.7. The third kappa shape index (κ3) is 8.90. The van der Waals surface area contributed by atoms with Gasteiger partial charge in [0.05, 0.1) is 44.7 Å². The van der Waals surface area contributed by atoms with Gasteiger partial charge in [-0.25, -0.2) is 4.79 Å². The third-order valence-electron chi connectivity index (χ3n) is 20.7. The second kappa shape index (κ2) is 19.9. The minimum atomic E-state index is -1.98. The molecule has 8 fully saturated rings.